The third-order valence-corrected chi connectivity index (χ3v) is 6.55. The minimum atomic E-state index is -3.75. The fourth-order valence-corrected chi connectivity index (χ4v) is 4.77. The molecule has 3 rings (SSSR count). The molecule has 27 heavy (non-hydrogen) atoms. The fraction of sp³-hybridized carbons (Fsp3) is 0.350. The molecule has 2 aromatic rings. The first-order valence-electron chi connectivity index (χ1n) is 9.22. The van der Waals surface area contributed by atoms with E-state index in [1.165, 1.54) is 16.4 Å². The zero-order valence-electron chi connectivity index (χ0n) is 15.4. The second-order valence-electron chi connectivity index (χ2n) is 6.55. The Balaban J connectivity index is 1.84. The number of hydrogen-bond donors (Lipinski definition) is 2. The molecule has 1 fully saturated rings. The maximum atomic E-state index is 13.1. The maximum Gasteiger partial charge on any atom is 0.264 e. The van der Waals surface area contributed by atoms with Crippen molar-refractivity contribution in [2.45, 2.75) is 30.7 Å². The molecule has 0 radical (unpaired) electrons. The van der Waals surface area contributed by atoms with Crippen LogP contribution >= 0.6 is 0 Å². The lowest BCUT2D eigenvalue weighted by atomic mass is 10.1. The van der Waals surface area contributed by atoms with Crippen molar-refractivity contribution in [1.82, 2.24) is 10.6 Å². The Kier molecular flexibility index (Phi) is 6.13. The van der Waals surface area contributed by atoms with Gasteiger partial charge in [0.2, 0.25) is 0 Å². The topological polar surface area (TPSA) is 78.5 Å². The van der Waals surface area contributed by atoms with Crippen LogP contribution in [-0.2, 0) is 10.0 Å². The van der Waals surface area contributed by atoms with E-state index in [-0.39, 0.29) is 16.8 Å². The number of benzene rings is 2. The molecule has 0 bridgehead atoms. The Morgan fingerprint density at radius 2 is 1.96 bits per heavy atom. The van der Waals surface area contributed by atoms with Crippen molar-refractivity contribution < 1.29 is 13.2 Å². The number of para-hydroxylation sites is 1. The van der Waals surface area contributed by atoms with Gasteiger partial charge in [0.25, 0.3) is 15.9 Å². The highest BCUT2D eigenvalue weighted by Crippen LogP contribution is 2.23. The number of hydrogen-bond acceptors (Lipinski definition) is 4. The van der Waals surface area contributed by atoms with E-state index in [1.807, 2.05) is 6.07 Å². The van der Waals surface area contributed by atoms with Crippen molar-refractivity contribution in [1.29, 1.82) is 0 Å². The molecule has 0 unspecified atom stereocenters. The average Bonchev–Trinajstić information content (AvgIpc) is 2.70. The monoisotopic (exact) mass is 387 g/mol. The normalized spacial score (nSPS) is 17.3. The zero-order valence-corrected chi connectivity index (χ0v) is 16.2. The van der Waals surface area contributed by atoms with Crippen molar-refractivity contribution >= 4 is 21.6 Å². The molecule has 6 nitrogen and oxygen atoms in total. The van der Waals surface area contributed by atoms with Gasteiger partial charge in [0.05, 0.1) is 10.6 Å². The molecule has 2 N–H and O–H groups in total. The first-order valence-corrected chi connectivity index (χ1v) is 10.7. The SMILES string of the molecule is CCN(c1ccccc1)S(=O)(=O)c1cccc(C(=O)N[C@H]2CCCNC2)c1. The highest BCUT2D eigenvalue weighted by Gasteiger charge is 2.25. The van der Waals surface area contributed by atoms with Crippen LogP contribution in [0, 0.1) is 0 Å². The average molecular weight is 388 g/mol. The van der Waals surface area contributed by atoms with E-state index in [1.54, 1.807) is 43.3 Å². The van der Waals surface area contributed by atoms with Gasteiger partial charge in [-0.2, -0.15) is 0 Å². The third kappa shape index (κ3) is 4.48. The molecule has 144 valence electrons. The van der Waals surface area contributed by atoms with Gasteiger partial charge in [-0.3, -0.25) is 9.10 Å². The largest absolute Gasteiger partial charge is 0.348 e. The van der Waals surface area contributed by atoms with Gasteiger partial charge in [-0.15, -0.1) is 0 Å². The second-order valence-corrected chi connectivity index (χ2v) is 8.41. The second kappa shape index (κ2) is 8.54. The summed E-state index contributed by atoms with van der Waals surface area (Å²) in [7, 11) is -3.75. The van der Waals surface area contributed by atoms with Crippen LogP contribution < -0.4 is 14.9 Å². The fourth-order valence-electron chi connectivity index (χ4n) is 3.25. The summed E-state index contributed by atoms with van der Waals surface area (Å²) in [5.41, 5.74) is 0.953. The van der Waals surface area contributed by atoms with E-state index in [0.29, 0.717) is 17.8 Å². The Labute approximate surface area is 160 Å². The number of carbonyl (C=O) groups excluding carboxylic acids is 1. The minimum absolute atomic E-state index is 0.0722. The Morgan fingerprint density at radius 1 is 1.19 bits per heavy atom. The quantitative estimate of drug-likeness (QED) is 0.798. The van der Waals surface area contributed by atoms with E-state index in [4.69, 9.17) is 0 Å². The van der Waals surface area contributed by atoms with Crippen molar-refractivity contribution in [2.75, 3.05) is 23.9 Å². The molecule has 1 aliphatic rings. The number of sulfonamides is 1. The summed E-state index contributed by atoms with van der Waals surface area (Å²) in [6.45, 7) is 3.79. The van der Waals surface area contributed by atoms with Crippen LogP contribution in [0.5, 0.6) is 0 Å². The molecule has 2 aromatic carbocycles. The Hall–Kier alpha value is -2.38. The zero-order chi connectivity index (χ0) is 19.3. The van der Waals surface area contributed by atoms with Crippen molar-refractivity contribution in [3.8, 4) is 0 Å². The lowest BCUT2D eigenvalue weighted by molar-refractivity contribution is 0.0930. The summed E-state index contributed by atoms with van der Waals surface area (Å²) in [4.78, 5) is 12.7. The van der Waals surface area contributed by atoms with Crippen LogP contribution in [0.15, 0.2) is 59.5 Å². The van der Waals surface area contributed by atoms with Crippen LogP contribution in [0.4, 0.5) is 5.69 Å². The Morgan fingerprint density at radius 3 is 2.63 bits per heavy atom. The van der Waals surface area contributed by atoms with Crippen molar-refractivity contribution in [2.24, 2.45) is 0 Å². The first-order chi connectivity index (χ1) is 13.0. The van der Waals surface area contributed by atoms with Crippen LogP contribution in [0.1, 0.15) is 30.1 Å². The molecule has 0 spiro atoms. The van der Waals surface area contributed by atoms with Gasteiger partial charge >= 0.3 is 0 Å². The molecule has 1 aliphatic heterocycles. The summed E-state index contributed by atoms with van der Waals surface area (Å²) < 4.78 is 27.6. The predicted molar refractivity (Wildman–Crippen MR) is 106 cm³/mol. The summed E-state index contributed by atoms with van der Waals surface area (Å²) in [6.07, 6.45) is 1.94. The van der Waals surface area contributed by atoms with Gasteiger partial charge in [-0.25, -0.2) is 8.42 Å². The molecule has 1 heterocycles. The molecule has 0 aliphatic carbocycles. The highest BCUT2D eigenvalue weighted by atomic mass is 32.2. The van der Waals surface area contributed by atoms with Crippen molar-refractivity contribution in [3.05, 3.63) is 60.2 Å². The van der Waals surface area contributed by atoms with E-state index in [2.05, 4.69) is 10.6 Å². The van der Waals surface area contributed by atoms with E-state index in [0.717, 1.165) is 25.9 Å². The molecular weight excluding hydrogens is 362 g/mol. The molecule has 1 amide bonds. The van der Waals surface area contributed by atoms with Gasteiger partial charge in [0.15, 0.2) is 0 Å². The number of carbonyl (C=O) groups is 1. The molecule has 7 heteroatoms. The third-order valence-electron chi connectivity index (χ3n) is 4.65. The van der Waals surface area contributed by atoms with Gasteiger partial charge in [-0.1, -0.05) is 24.3 Å². The van der Waals surface area contributed by atoms with E-state index in [9.17, 15) is 13.2 Å². The number of nitrogens with zero attached hydrogens (tertiary/aromatic N) is 1. The van der Waals surface area contributed by atoms with E-state index >= 15 is 0 Å². The van der Waals surface area contributed by atoms with Gasteiger partial charge < -0.3 is 10.6 Å². The highest BCUT2D eigenvalue weighted by molar-refractivity contribution is 7.92. The van der Waals surface area contributed by atoms with E-state index < -0.39 is 10.0 Å². The van der Waals surface area contributed by atoms with Crippen LogP contribution in [0.2, 0.25) is 0 Å². The number of rotatable bonds is 6. The molecule has 1 saturated heterocycles. The molecular formula is C20H25N3O3S. The number of amides is 1. The van der Waals surface area contributed by atoms with Crippen molar-refractivity contribution in [3.63, 3.8) is 0 Å². The molecule has 0 saturated carbocycles. The van der Waals surface area contributed by atoms with Gasteiger partial charge in [0, 0.05) is 24.7 Å². The Bertz CT molecular complexity index is 878. The minimum Gasteiger partial charge on any atom is -0.348 e. The lowest BCUT2D eigenvalue weighted by Gasteiger charge is -2.24. The van der Waals surface area contributed by atoms with Crippen LogP contribution in [0.3, 0.4) is 0 Å². The first kappa shape index (κ1) is 19.4. The standard InChI is InChI=1S/C20H25N3O3S/c1-2-23(18-10-4-3-5-11-18)27(25,26)19-12-6-8-16(14-19)20(24)22-17-9-7-13-21-15-17/h3-6,8,10-12,14,17,21H,2,7,9,13,15H2,1H3,(H,22,24)/t17-/m0/s1. The lowest BCUT2D eigenvalue weighted by Crippen LogP contribution is -2.45. The summed E-state index contributed by atoms with van der Waals surface area (Å²) >= 11 is 0. The number of piperidine rings is 1. The van der Waals surface area contributed by atoms with Gasteiger partial charge in [-0.05, 0) is 56.6 Å². The molecule has 0 aromatic heterocycles. The maximum absolute atomic E-state index is 13.1. The smallest absolute Gasteiger partial charge is 0.264 e. The van der Waals surface area contributed by atoms with Crippen LogP contribution in [-0.4, -0.2) is 40.0 Å². The molecule has 1 atom stereocenters. The number of anilines is 1. The van der Waals surface area contributed by atoms with Gasteiger partial charge in [0.1, 0.15) is 0 Å². The van der Waals surface area contributed by atoms with Crippen LogP contribution in [0.25, 0.3) is 0 Å². The summed E-state index contributed by atoms with van der Waals surface area (Å²) in [5, 5.41) is 6.23. The predicted octanol–water partition coefficient (Wildman–Crippen LogP) is 2.38. The number of nitrogens with one attached hydrogen (secondary N) is 2. The summed E-state index contributed by atoms with van der Waals surface area (Å²) in [5.74, 6) is -0.247. The summed E-state index contributed by atoms with van der Waals surface area (Å²) in [6, 6.07) is 15.3.